The molecule has 0 aliphatic carbocycles. The first-order valence-electron chi connectivity index (χ1n) is 3.26. The van der Waals surface area contributed by atoms with Crippen LogP contribution in [-0.4, -0.2) is 11.1 Å². The Morgan fingerprint density at radius 2 is 1.80 bits per heavy atom. The lowest BCUT2D eigenvalue weighted by Gasteiger charge is -2.07. The third kappa shape index (κ3) is 6.03. The third-order valence-electron chi connectivity index (χ3n) is 1.25. The second-order valence-corrected chi connectivity index (χ2v) is 2.87. The number of carbonyl (C=O) groups is 1. The van der Waals surface area contributed by atoms with Crippen LogP contribution < -0.4 is 0 Å². The molecule has 0 fully saturated rings. The van der Waals surface area contributed by atoms with Crippen LogP contribution in [0.5, 0.6) is 0 Å². The molecular weight excluding hydrogens is 147 g/mol. The van der Waals surface area contributed by atoms with Crippen molar-refractivity contribution in [3.8, 4) is 0 Å². The van der Waals surface area contributed by atoms with Crippen molar-refractivity contribution >= 4 is 15.9 Å². The Bertz CT molecular complexity index is 102. The monoisotopic (exact) mass is 164 g/mol. The van der Waals surface area contributed by atoms with E-state index in [-0.39, 0.29) is 15.8 Å². The maximum absolute atomic E-state index is 10.2. The summed E-state index contributed by atoms with van der Waals surface area (Å²) in [7, 11) is 0. The number of hydrogen-bond donors (Lipinski definition) is 1. The van der Waals surface area contributed by atoms with E-state index in [1.807, 2.05) is 13.8 Å². The molecule has 0 rings (SSSR count). The highest BCUT2D eigenvalue weighted by Gasteiger charge is 2.11. The second-order valence-electron chi connectivity index (χ2n) is 2.87. The van der Waals surface area contributed by atoms with Gasteiger partial charge in [0.1, 0.15) is 0 Å². The predicted molar refractivity (Wildman–Crippen MR) is 47.4 cm³/mol. The molecule has 0 bridgehead atoms. The summed E-state index contributed by atoms with van der Waals surface area (Å²) in [5.41, 5.74) is 0. The van der Waals surface area contributed by atoms with Crippen LogP contribution >= 0.6 is 9.90 Å². The summed E-state index contributed by atoms with van der Waals surface area (Å²) in [6.45, 7) is 5.79. The lowest BCUT2D eigenvalue weighted by Crippen LogP contribution is -2.11. The Hall–Kier alpha value is -0.100. The zero-order valence-corrected chi connectivity index (χ0v) is 8.34. The van der Waals surface area contributed by atoms with Crippen LogP contribution in [0, 0.1) is 11.8 Å². The molecule has 2 unspecified atom stereocenters. The summed E-state index contributed by atoms with van der Waals surface area (Å²) in [5, 5.41) is 8.43. The fourth-order valence-electron chi connectivity index (χ4n) is 0.808. The highest BCUT2D eigenvalue weighted by molar-refractivity contribution is 6.92. The van der Waals surface area contributed by atoms with Gasteiger partial charge in [0, 0.05) is 0 Å². The molecular formula is C7H17O2P. The van der Waals surface area contributed by atoms with Crippen LogP contribution in [0.1, 0.15) is 27.2 Å². The Balaban J connectivity index is 0. The van der Waals surface area contributed by atoms with Crippen molar-refractivity contribution in [2.24, 2.45) is 11.8 Å². The molecule has 0 saturated carbocycles. The van der Waals surface area contributed by atoms with E-state index in [4.69, 9.17) is 5.11 Å². The molecule has 0 aliphatic heterocycles. The molecule has 10 heavy (non-hydrogen) atoms. The van der Waals surface area contributed by atoms with Crippen LogP contribution in [0.3, 0.4) is 0 Å². The van der Waals surface area contributed by atoms with Crippen molar-refractivity contribution in [2.75, 3.05) is 0 Å². The van der Waals surface area contributed by atoms with E-state index in [0.29, 0.717) is 5.92 Å². The zero-order valence-electron chi connectivity index (χ0n) is 6.92. The molecule has 0 aromatic carbocycles. The first-order chi connectivity index (χ1) is 4.04. The van der Waals surface area contributed by atoms with Gasteiger partial charge in [-0.15, -0.1) is 0 Å². The molecule has 0 spiro atoms. The van der Waals surface area contributed by atoms with Crippen LogP contribution in [0.4, 0.5) is 0 Å². The summed E-state index contributed by atoms with van der Waals surface area (Å²) >= 11 is 0. The topological polar surface area (TPSA) is 37.3 Å². The van der Waals surface area contributed by atoms with Gasteiger partial charge in [-0.1, -0.05) is 20.8 Å². The lowest BCUT2D eigenvalue weighted by atomic mass is 9.99. The molecule has 0 aromatic heterocycles. The van der Waals surface area contributed by atoms with Crippen molar-refractivity contribution < 1.29 is 9.90 Å². The van der Waals surface area contributed by atoms with E-state index >= 15 is 0 Å². The van der Waals surface area contributed by atoms with Gasteiger partial charge >= 0.3 is 5.97 Å². The van der Waals surface area contributed by atoms with Gasteiger partial charge in [0.25, 0.3) is 0 Å². The van der Waals surface area contributed by atoms with Crippen molar-refractivity contribution in [2.45, 2.75) is 27.2 Å². The molecule has 62 valence electrons. The van der Waals surface area contributed by atoms with E-state index in [2.05, 4.69) is 0 Å². The van der Waals surface area contributed by atoms with E-state index in [1.165, 1.54) is 0 Å². The van der Waals surface area contributed by atoms with Crippen LogP contribution in [0.25, 0.3) is 0 Å². The maximum Gasteiger partial charge on any atom is 0.306 e. The molecule has 0 amide bonds. The SMILES string of the molecule is CC(C)CC(C)C(=O)O.P. The number of rotatable bonds is 3. The normalized spacial score (nSPS) is 12.4. The molecule has 0 aromatic rings. The van der Waals surface area contributed by atoms with Crippen LogP contribution in [0.2, 0.25) is 0 Å². The Kier molecular flexibility index (Phi) is 7.12. The van der Waals surface area contributed by atoms with E-state index in [0.717, 1.165) is 6.42 Å². The van der Waals surface area contributed by atoms with Gasteiger partial charge < -0.3 is 5.11 Å². The van der Waals surface area contributed by atoms with Crippen molar-refractivity contribution in [3.63, 3.8) is 0 Å². The summed E-state index contributed by atoms with van der Waals surface area (Å²) in [6.07, 6.45) is 0.773. The second kappa shape index (κ2) is 5.67. The zero-order chi connectivity index (χ0) is 7.44. The molecule has 3 heteroatoms. The van der Waals surface area contributed by atoms with Gasteiger partial charge in [-0.05, 0) is 12.3 Å². The standard InChI is InChI=1S/C7H14O2.H3P/c1-5(2)4-6(3)7(8)9;/h5-6H,4H2,1-3H3,(H,8,9);1H3. The minimum absolute atomic E-state index is 0. The molecule has 1 N–H and O–H groups in total. The largest absolute Gasteiger partial charge is 0.481 e. The van der Waals surface area contributed by atoms with E-state index in [1.54, 1.807) is 6.92 Å². The number of carboxylic acid groups (broad SMARTS) is 1. The first-order valence-corrected chi connectivity index (χ1v) is 3.26. The molecule has 2 nitrogen and oxygen atoms in total. The van der Waals surface area contributed by atoms with Gasteiger partial charge in [-0.2, -0.15) is 9.90 Å². The fourth-order valence-corrected chi connectivity index (χ4v) is 0.808. The third-order valence-corrected chi connectivity index (χ3v) is 1.25. The number of carboxylic acids is 1. The van der Waals surface area contributed by atoms with Crippen LogP contribution in [0.15, 0.2) is 0 Å². The van der Waals surface area contributed by atoms with Gasteiger partial charge in [-0.25, -0.2) is 0 Å². The van der Waals surface area contributed by atoms with Gasteiger partial charge in [0.05, 0.1) is 5.92 Å². The highest BCUT2D eigenvalue weighted by atomic mass is 31.0. The van der Waals surface area contributed by atoms with Crippen LogP contribution in [-0.2, 0) is 4.79 Å². The Morgan fingerprint density at radius 1 is 1.40 bits per heavy atom. The van der Waals surface area contributed by atoms with Crippen molar-refractivity contribution in [1.29, 1.82) is 0 Å². The molecule has 0 radical (unpaired) electrons. The summed E-state index contributed by atoms with van der Waals surface area (Å²) < 4.78 is 0. The summed E-state index contributed by atoms with van der Waals surface area (Å²) in [4.78, 5) is 10.2. The fraction of sp³-hybridized carbons (Fsp3) is 0.857. The molecule has 0 saturated heterocycles. The van der Waals surface area contributed by atoms with Gasteiger partial charge in [-0.3, -0.25) is 4.79 Å². The highest BCUT2D eigenvalue weighted by Crippen LogP contribution is 2.09. The quantitative estimate of drug-likeness (QED) is 0.646. The summed E-state index contributed by atoms with van der Waals surface area (Å²) in [6, 6.07) is 0. The molecule has 2 atom stereocenters. The maximum atomic E-state index is 10.2. The van der Waals surface area contributed by atoms with E-state index in [9.17, 15) is 4.79 Å². The van der Waals surface area contributed by atoms with Gasteiger partial charge in [0.2, 0.25) is 0 Å². The minimum atomic E-state index is -0.691. The van der Waals surface area contributed by atoms with Gasteiger partial charge in [0.15, 0.2) is 0 Å². The predicted octanol–water partition coefficient (Wildman–Crippen LogP) is 1.81. The smallest absolute Gasteiger partial charge is 0.306 e. The summed E-state index contributed by atoms with van der Waals surface area (Å²) in [5.74, 6) is -0.398. The number of hydrogen-bond acceptors (Lipinski definition) is 1. The van der Waals surface area contributed by atoms with E-state index < -0.39 is 5.97 Å². The average molecular weight is 164 g/mol. The average Bonchev–Trinajstić information content (AvgIpc) is 1.63. The first kappa shape index (κ1) is 12.6. The Labute approximate surface area is 65.6 Å². The van der Waals surface area contributed by atoms with Crippen molar-refractivity contribution in [1.82, 2.24) is 0 Å². The van der Waals surface area contributed by atoms with Crippen molar-refractivity contribution in [3.05, 3.63) is 0 Å². The molecule has 0 heterocycles. The number of aliphatic carboxylic acids is 1. The molecule has 0 aliphatic rings. The Morgan fingerprint density at radius 3 is 1.90 bits per heavy atom. The lowest BCUT2D eigenvalue weighted by molar-refractivity contribution is -0.141. The minimum Gasteiger partial charge on any atom is -0.481 e.